The van der Waals surface area contributed by atoms with E-state index in [1.807, 2.05) is 25.1 Å². The molecule has 1 aliphatic heterocycles. The number of amides is 1. The Balaban J connectivity index is 1.54. The summed E-state index contributed by atoms with van der Waals surface area (Å²) < 4.78 is 6.52. The molecule has 28 heavy (non-hydrogen) atoms. The number of rotatable bonds is 5. The Morgan fingerprint density at radius 2 is 2.18 bits per heavy atom. The summed E-state index contributed by atoms with van der Waals surface area (Å²) in [4.78, 5) is 20.0. The highest BCUT2D eigenvalue weighted by molar-refractivity contribution is 7.18. The summed E-state index contributed by atoms with van der Waals surface area (Å²) in [5, 5.41) is 4.61. The molecule has 2 heterocycles. The zero-order valence-electron chi connectivity index (χ0n) is 15.8. The minimum Gasteiger partial charge on any atom is -0.495 e. The lowest BCUT2D eigenvalue weighted by Gasteiger charge is -2.28. The molecule has 2 atom stereocenters. The van der Waals surface area contributed by atoms with E-state index in [4.69, 9.17) is 21.3 Å². The lowest BCUT2D eigenvalue weighted by atomic mass is 10.2. The number of methoxy groups -OCH3 is 1. The number of hydrogen-bond acceptors (Lipinski definition) is 5. The Morgan fingerprint density at radius 1 is 1.36 bits per heavy atom. The van der Waals surface area contributed by atoms with Crippen LogP contribution in [0.3, 0.4) is 0 Å². The summed E-state index contributed by atoms with van der Waals surface area (Å²) in [5.41, 5.74) is 1.61. The number of likely N-dealkylation sites (tertiary alicyclic amines) is 1. The van der Waals surface area contributed by atoms with Crippen molar-refractivity contribution in [2.24, 2.45) is 0 Å². The molecule has 0 saturated carbocycles. The molecule has 2 aromatic carbocycles. The van der Waals surface area contributed by atoms with Crippen LogP contribution >= 0.6 is 22.9 Å². The van der Waals surface area contributed by atoms with Crippen LogP contribution in [0.4, 0.5) is 5.69 Å². The van der Waals surface area contributed by atoms with E-state index in [-0.39, 0.29) is 18.0 Å². The number of benzene rings is 2. The number of carbonyl (C=O) groups is 1. The van der Waals surface area contributed by atoms with Crippen LogP contribution in [0.2, 0.25) is 5.02 Å². The molecule has 1 aliphatic rings. The minimum absolute atomic E-state index is 0.0754. The zero-order valence-corrected chi connectivity index (χ0v) is 17.4. The van der Waals surface area contributed by atoms with Crippen molar-refractivity contribution in [3.05, 3.63) is 52.5 Å². The zero-order chi connectivity index (χ0) is 19.7. The first kappa shape index (κ1) is 19.2. The van der Waals surface area contributed by atoms with Crippen LogP contribution in [0.5, 0.6) is 5.75 Å². The van der Waals surface area contributed by atoms with Gasteiger partial charge in [0.2, 0.25) is 5.91 Å². The van der Waals surface area contributed by atoms with E-state index in [0.717, 1.165) is 29.9 Å². The van der Waals surface area contributed by atoms with Gasteiger partial charge in [0.15, 0.2) is 0 Å². The van der Waals surface area contributed by atoms with Crippen molar-refractivity contribution >= 4 is 44.7 Å². The molecular weight excluding hydrogens is 394 g/mol. The fourth-order valence-corrected chi connectivity index (χ4v) is 5.01. The quantitative estimate of drug-likeness (QED) is 0.628. The number of nitrogens with one attached hydrogen (secondary N) is 1. The van der Waals surface area contributed by atoms with Crippen LogP contribution in [0.25, 0.3) is 10.2 Å². The standard InChI is InChI=1S/C21H22ClN3O2S/c1-13(20(26)23-16-12-14(22)9-10-18(16)27-2)25-11-5-7-17(25)21-24-15-6-3-4-8-19(15)28-21/h3-4,6,8-10,12-13,17H,5,7,11H2,1-2H3,(H,23,26). The van der Waals surface area contributed by atoms with Crippen LogP contribution in [0.15, 0.2) is 42.5 Å². The van der Waals surface area contributed by atoms with Gasteiger partial charge in [-0.3, -0.25) is 9.69 Å². The maximum atomic E-state index is 13.0. The first-order chi connectivity index (χ1) is 13.6. The largest absolute Gasteiger partial charge is 0.495 e. The van der Waals surface area contributed by atoms with Crippen molar-refractivity contribution in [3.8, 4) is 5.75 Å². The van der Waals surface area contributed by atoms with Crippen LogP contribution < -0.4 is 10.1 Å². The third-order valence-corrected chi connectivity index (χ3v) is 6.56. The fourth-order valence-electron chi connectivity index (χ4n) is 3.72. The van der Waals surface area contributed by atoms with Crippen LogP contribution in [-0.4, -0.2) is 35.5 Å². The molecule has 1 N–H and O–H groups in total. The van der Waals surface area contributed by atoms with E-state index in [2.05, 4.69) is 16.3 Å². The van der Waals surface area contributed by atoms with Gasteiger partial charge in [-0.1, -0.05) is 23.7 Å². The fraction of sp³-hybridized carbons (Fsp3) is 0.333. The molecule has 0 radical (unpaired) electrons. The van der Waals surface area contributed by atoms with E-state index in [9.17, 15) is 4.79 Å². The molecule has 3 aromatic rings. The lowest BCUT2D eigenvalue weighted by Crippen LogP contribution is -2.41. The van der Waals surface area contributed by atoms with Gasteiger partial charge in [0.25, 0.3) is 0 Å². The Bertz CT molecular complexity index is 973. The molecule has 1 fully saturated rings. The predicted molar refractivity (Wildman–Crippen MR) is 114 cm³/mol. The summed E-state index contributed by atoms with van der Waals surface area (Å²) in [6.45, 7) is 2.82. The van der Waals surface area contributed by atoms with E-state index in [1.165, 1.54) is 4.70 Å². The van der Waals surface area contributed by atoms with Crippen molar-refractivity contribution in [2.45, 2.75) is 31.8 Å². The molecule has 0 spiro atoms. The molecule has 4 rings (SSSR count). The normalized spacial score (nSPS) is 18.3. The van der Waals surface area contributed by atoms with Crippen molar-refractivity contribution in [2.75, 3.05) is 19.0 Å². The Morgan fingerprint density at radius 3 is 2.96 bits per heavy atom. The number of halogens is 1. The number of nitrogens with zero attached hydrogens (tertiary/aromatic N) is 2. The topological polar surface area (TPSA) is 54.5 Å². The summed E-state index contributed by atoms with van der Waals surface area (Å²) in [5.74, 6) is 0.516. The Kier molecular flexibility index (Phi) is 5.53. The first-order valence-electron chi connectivity index (χ1n) is 9.32. The molecule has 2 unspecified atom stereocenters. The van der Waals surface area contributed by atoms with Gasteiger partial charge in [-0.15, -0.1) is 11.3 Å². The maximum Gasteiger partial charge on any atom is 0.241 e. The van der Waals surface area contributed by atoms with Crippen LogP contribution in [0.1, 0.15) is 30.8 Å². The van der Waals surface area contributed by atoms with Crippen molar-refractivity contribution in [1.29, 1.82) is 0 Å². The van der Waals surface area contributed by atoms with Gasteiger partial charge in [0.1, 0.15) is 10.8 Å². The van der Waals surface area contributed by atoms with Gasteiger partial charge in [0.05, 0.1) is 35.1 Å². The number of thiazole rings is 1. The lowest BCUT2D eigenvalue weighted by molar-refractivity contribution is -0.121. The number of fused-ring (bicyclic) bond motifs is 1. The van der Waals surface area contributed by atoms with Crippen molar-refractivity contribution in [3.63, 3.8) is 0 Å². The van der Waals surface area contributed by atoms with E-state index in [0.29, 0.717) is 16.5 Å². The Hall–Kier alpha value is -2.15. The second-order valence-corrected chi connectivity index (χ2v) is 8.42. The van der Waals surface area contributed by atoms with Gasteiger partial charge < -0.3 is 10.1 Å². The van der Waals surface area contributed by atoms with Gasteiger partial charge in [0, 0.05) is 5.02 Å². The molecule has 1 aromatic heterocycles. The third kappa shape index (κ3) is 3.72. The van der Waals surface area contributed by atoms with E-state index < -0.39 is 0 Å². The Labute approximate surface area is 173 Å². The molecule has 7 heteroatoms. The minimum atomic E-state index is -0.289. The molecule has 1 saturated heterocycles. The summed E-state index contributed by atoms with van der Waals surface area (Å²) in [6.07, 6.45) is 2.07. The monoisotopic (exact) mass is 415 g/mol. The number of carbonyl (C=O) groups excluding carboxylic acids is 1. The number of para-hydroxylation sites is 1. The first-order valence-corrected chi connectivity index (χ1v) is 10.5. The number of anilines is 1. The summed E-state index contributed by atoms with van der Waals surface area (Å²) in [6, 6.07) is 13.2. The van der Waals surface area contributed by atoms with Crippen LogP contribution in [0, 0.1) is 0 Å². The van der Waals surface area contributed by atoms with Crippen molar-refractivity contribution < 1.29 is 9.53 Å². The SMILES string of the molecule is COc1ccc(Cl)cc1NC(=O)C(C)N1CCCC1c1nc2ccccc2s1. The molecule has 0 aliphatic carbocycles. The number of ether oxygens (including phenoxy) is 1. The predicted octanol–water partition coefficient (Wildman–Crippen LogP) is 5.12. The maximum absolute atomic E-state index is 13.0. The summed E-state index contributed by atoms with van der Waals surface area (Å²) >= 11 is 7.80. The number of aromatic nitrogens is 1. The van der Waals surface area contributed by atoms with Gasteiger partial charge >= 0.3 is 0 Å². The van der Waals surface area contributed by atoms with Crippen LogP contribution in [-0.2, 0) is 4.79 Å². The van der Waals surface area contributed by atoms with Crippen molar-refractivity contribution in [1.82, 2.24) is 9.88 Å². The highest BCUT2D eigenvalue weighted by atomic mass is 35.5. The highest BCUT2D eigenvalue weighted by Crippen LogP contribution is 2.38. The second-order valence-electron chi connectivity index (χ2n) is 6.93. The average Bonchev–Trinajstić information content (AvgIpc) is 3.34. The summed E-state index contributed by atoms with van der Waals surface area (Å²) in [7, 11) is 1.58. The molecule has 146 valence electrons. The van der Waals surface area contributed by atoms with Gasteiger partial charge in [-0.05, 0) is 56.6 Å². The van der Waals surface area contributed by atoms with Gasteiger partial charge in [-0.2, -0.15) is 0 Å². The number of hydrogen-bond donors (Lipinski definition) is 1. The smallest absolute Gasteiger partial charge is 0.241 e. The molecule has 5 nitrogen and oxygen atoms in total. The van der Waals surface area contributed by atoms with E-state index in [1.54, 1.807) is 36.6 Å². The third-order valence-electron chi connectivity index (χ3n) is 5.19. The van der Waals surface area contributed by atoms with E-state index >= 15 is 0 Å². The second kappa shape index (κ2) is 8.07. The average molecular weight is 416 g/mol. The molecule has 0 bridgehead atoms. The van der Waals surface area contributed by atoms with Gasteiger partial charge in [-0.25, -0.2) is 4.98 Å². The molecule has 1 amide bonds. The molecular formula is C21H22ClN3O2S. The highest BCUT2D eigenvalue weighted by Gasteiger charge is 2.35.